The molecular weight excluding hydrogens is 279 g/mol. The molecule has 3 heteroatoms. The van der Waals surface area contributed by atoms with Crippen molar-refractivity contribution >= 4 is 30.9 Å². The number of alkyl halides is 1. The standard InChI is InChI=1S/C9H21IOSi/c1-4-5-9-12(2,3)11-8-6-7-10/h4-9H2,1-3H3. The molecule has 0 aromatic carbocycles. The van der Waals surface area contributed by atoms with E-state index >= 15 is 0 Å². The quantitative estimate of drug-likeness (QED) is 0.300. The van der Waals surface area contributed by atoms with Crippen molar-refractivity contribution in [2.24, 2.45) is 0 Å². The minimum Gasteiger partial charge on any atom is -0.417 e. The largest absolute Gasteiger partial charge is 0.417 e. The van der Waals surface area contributed by atoms with Gasteiger partial charge < -0.3 is 4.43 Å². The minimum atomic E-state index is -1.26. The van der Waals surface area contributed by atoms with E-state index in [-0.39, 0.29) is 0 Å². The number of unbranched alkanes of at least 4 members (excludes halogenated alkanes) is 1. The zero-order chi connectivity index (χ0) is 9.45. The molecule has 12 heavy (non-hydrogen) atoms. The Morgan fingerprint density at radius 3 is 2.42 bits per heavy atom. The number of rotatable bonds is 7. The molecule has 0 aromatic rings. The SMILES string of the molecule is CCCC[Si](C)(C)OCCCI. The van der Waals surface area contributed by atoms with E-state index in [4.69, 9.17) is 4.43 Å². The molecule has 0 aliphatic carbocycles. The van der Waals surface area contributed by atoms with Crippen molar-refractivity contribution in [3.63, 3.8) is 0 Å². The maximum absolute atomic E-state index is 5.91. The molecule has 0 fully saturated rings. The van der Waals surface area contributed by atoms with Gasteiger partial charge in [0.1, 0.15) is 0 Å². The van der Waals surface area contributed by atoms with Crippen molar-refractivity contribution in [1.29, 1.82) is 0 Å². The maximum atomic E-state index is 5.91. The van der Waals surface area contributed by atoms with Gasteiger partial charge in [0.25, 0.3) is 0 Å². The predicted octanol–water partition coefficient (Wildman–Crippen LogP) is 3.83. The summed E-state index contributed by atoms with van der Waals surface area (Å²) in [5, 5.41) is 0. The van der Waals surface area contributed by atoms with Crippen LogP contribution in [0.5, 0.6) is 0 Å². The average molecular weight is 300 g/mol. The Morgan fingerprint density at radius 2 is 1.92 bits per heavy atom. The van der Waals surface area contributed by atoms with Gasteiger partial charge in [-0.1, -0.05) is 42.4 Å². The number of hydrogen-bond acceptors (Lipinski definition) is 1. The first-order valence-electron chi connectivity index (χ1n) is 4.82. The Morgan fingerprint density at radius 1 is 1.25 bits per heavy atom. The van der Waals surface area contributed by atoms with Crippen molar-refractivity contribution in [3.05, 3.63) is 0 Å². The highest BCUT2D eigenvalue weighted by Gasteiger charge is 2.20. The lowest BCUT2D eigenvalue weighted by molar-refractivity contribution is 0.307. The molecule has 1 nitrogen and oxygen atoms in total. The second-order valence-electron chi connectivity index (χ2n) is 3.75. The molecule has 0 N–H and O–H groups in total. The fraction of sp³-hybridized carbons (Fsp3) is 1.00. The van der Waals surface area contributed by atoms with Crippen molar-refractivity contribution in [1.82, 2.24) is 0 Å². The molecule has 0 unspecified atom stereocenters. The van der Waals surface area contributed by atoms with Gasteiger partial charge >= 0.3 is 0 Å². The smallest absolute Gasteiger partial charge is 0.186 e. The van der Waals surface area contributed by atoms with Gasteiger partial charge in [0.15, 0.2) is 8.32 Å². The summed E-state index contributed by atoms with van der Waals surface area (Å²) in [6.07, 6.45) is 3.85. The third kappa shape index (κ3) is 7.55. The van der Waals surface area contributed by atoms with Gasteiger partial charge in [-0.3, -0.25) is 0 Å². The lowest BCUT2D eigenvalue weighted by atomic mass is 10.4. The van der Waals surface area contributed by atoms with Crippen LogP contribution in [0.4, 0.5) is 0 Å². The first-order valence-corrected chi connectivity index (χ1v) is 9.46. The molecular formula is C9H21IOSi. The van der Waals surface area contributed by atoms with Crippen LogP contribution in [0, 0.1) is 0 Å². The lowest BCUT2D eigenvalue weighted by Gasteiger charge is -2.22. The van der Waals surface area contributed by atoms with Crippen LogP contribution < -0.4 is 0 Å². The van der Waals surface area contributed by atoms with E-state index < -0.39 is 8.32 Å². The Balaban J connectivity index is 3.42. The third-order valence-corrected chi connectivity index (χ3v) is 5.21. The van der Waals surface area contributed by atoms with Crippen molar-refractivity contribution < 1.29 is 4.43 Å². The monoisotopic (exact) mass is 300 g/mol. The van der Waals surface area contributed by atoms with E-state index in [1.54, 1.807) is 0 Å². The number of halogens is 1. The van der Waals surface area contributed by atoms with Crippen LogP contribution >= 0.6 is 22.6 Å². The van der Waals surface area contributed by atoms with E-state index in [0.717, 1.165) is 6.61 Å². The molecule has 0 radical (unpaired) electrons. The van der Waals surface area contributed by atoms with Crippen molar-refractivity contribution in [3.8, 4) is 0 Å². The van der Waals surface area contributed by atoms with E-state index in [1.165, 1.54) is 29.7 Å². The lowest BCUT2D eigenvalue weighted by Crippen LogP contribution is -2.30. The predicted molar refractivity (Wildman–Crippen MR) is 66.7 cm³/mol. The molecule has 0 atom stereocenters. The van der Waals surface area contributed by atoms with Crippen molar-refractivity contribution in [2.45, 2.75) is 45.3 Å². The summed E-state index contributed by atoms with van der Waals surface area (Å²) >= 11 is 2.40. The fourth-order valence-corrected chi connectivity index (χ4v) is 3.44. The van der Waals surface area contributed by atoms with Crippen LogP contribution in [0.3, 0.4) is 0 Å². The summed E-state index contributed by atoms with van der Waals surface area (Å²) in [5.41, 5.74) is 0. The molecule has 0 aromatic heterocycles. The highest BCUT2D eigenvalue weighted by Crippen LogP contribution is 2.15. The Kier molecular flexibility index (Phi) is 7.88. The van der Waals surface area contributed by atoms with Gasteiger partial charge in [-0.2, -0.15) is 0 Å². The van der Waals surface area contributed by atoms with Crippen molar-refractivity contribution in [2.75, 3.05) is 11.0 Å². The van der Waals surface area contributed by atoms with Gasteiger partial charge in [-0.25, -0.2) is 0 Å². The van der Waals surface area contributed by atoms with E-state index in [0.29, 0.717) is 0 Å². The molecule has 0 aliphatic rings. The molecule has 0 spiro atoms. The summed E-state index contributed by atoms with van der Waals surface area (Å²) < 4.78 is 7.12. The molecule has 0 bridgehead atoms. The maximum Gasteiger partial charge on any atom is 0.186 e. The van der Waals surface area contributed by atoms with Crippen LogP contribution in [-0.2, 0) is 4.43 Å². The van der Waals surface area contributed by atoms with Crippen LogP contribution in [-0.4, -0.2) is 19.4 Å². The molecule has 74 valence electrons. The normalized spacial score (nSPS) is 12.0. The number of hydrogen-bond donors (Lipinski definition) is 0. The zero-order valence-electron chi connectivity index (χ0n) is 8.53. The molecule has 0 saturated carbocycles. The highest BCUT2D eigenvalue weighted by molar-refractivity contribution is 14.1. The van der Waals surface area contributed by atoms with Gasteiger partial charge in [-0.15, -0.1) is 0 Å². The van der Waals surface area contributed by atoms with Gasteiger partial charge in [-0.05, 0) is 25.6 Å². The molecule has 0 aliphatic heterocycles. The Hall–Kier alpha value is 0.907. The van der Waals surface area contributed by atoms with E-state index in [1.807, 2.05) is 0 Å². The first-order chi connectivity index (χ1) is 5.62. The molecule has 0 saturated heterocycles. The molecule has 0 heterocycles. The third-order valence-electron chi connectivity index (χ3n) is 1.90. The van der Waals surface area contributed by atoms with Crippen LogP contribution in [0.15, 0.2) is 0 Å². The second kappa shape index (κ2) is 7.32. The molecule has 0 amide bonds. The Labute approximate surface area is 91.5 Å². The van der Waals surface area contributed by atoms with Gasteiger partial charge in [0.05, 0.1) is 0 Å². The summed E-state index contributed by atoms with van der Waals surface area (Å²) in [6.45, 7) is 7.88. The topological polar surface area (TPSA) is 9.23 Å². The summed E-state index contributed by atoms with van der Waals surface area (Å²) in [6, 6.07) is 1.32. The van der Waals surface area contributed by atoms with Gasteiger partial charge in [0.2, 0.25) is 0 Å². The average Bonchev–Trinajstić information content (AvgIpc) is 2.01. The molecule has 0 rings (SSSR count). The summed E-state index contributed by atoms with van der Waals surface area (Å²) in [5.74, 6) is 0. The highest BCUT2D eigenvalue weighted by atomic mass is 127. The minimum absolute atomic E-state index is 0.978. The van der Waals surface area contributed by atoms with E-state index in [2.05, 4.69) is 42.6 Å². The van der Waals surface area contributed by atoms with E-state index in [9.17, 15) is 0 Å². The van der Waals surface area contributed by atoms with Crippen LogP contribution in [0.25, 0.3) is 0 Å². The second-order valence-corrected chi connectivity index (χ2v) is 9.14. The fourth-order valence-electron chi connectivity index (χ4n) is 1.08. The van der Waals surface area contributed by atoms with Crippen LogP contribution in [0.2, 0.25) is 19.1 Å². The summed E-state index contributed by atoms with van der Waals surface area (Å²) in [7, 11) is -1.26. The van der Waals surface area contributed by atoms with Gasteiger partial charge in [0, 0.05) is 11.0 Å². The first kappa shape index (κ1) is 12.9. The zero-order valence-corrected chi connectivity index (χ0v) is 11.7. The summed E-state index contributed by atoms with van der Waals surface area (Å²) in [4.78, 5) is 0. The van der Waals surface area contributed by atoms with Crippen LogP contribution in [0.1, 0.15) is 26.2 Å². The Bertz CT molecular complexity index is 107.